The first-order valence-corrected chi connectivity index (χ1v) is 7.62. The smallest absolute Gasteiger partial charge is 0.236 e. The second kappa shape index (κ2) is 7.54. The molecule has 1 N–H and O–H groups in total. The third-order valence-corrected chi connectivity index (χ3v) is 3.31. The Bertz CT molecular complexity index is 659. The third kappa shape index (κ3) is 5.22. The zero-order valence-electron chi connectivity index (χ0n) is 13.8. The van der Waals surface area contributed by atoms with Gasteiger partial charge in [0.05, 0.1) is 0 Å². The molecule has 1 amide bonds. The van der Waals surface area contributed by atoms with Crippen LogP contribution in [0.25, 0.3) is 5.57 Å². The molecule has 23 heavy (non-hydrogen) atoms. The molecule has 3 heteroatoms. The monoisotopic (exact) mass is 306 g/mol. The minimum atomic E-state index is -0.302. The largest absolute Gasteiger partial charge is 0.274 e. The Hall–Kier alpha value is -2.68. The van der Waals surface area contributed by atoms with Crippen LogP contribution in [-0.4, -0.2) is 12.1 Å². The molecular formula is C20H22N2O. The second-order valence-corrected chi connectivity index (χ2v) is 6.04. The van der Waals surface area contributed by atoms with Gasteiger partial charge in [-0.05, 0) is 16.7 Å². The molecule has 0 radical (unpaired) electrons. The molecule has 0 spiro atoms. The van der Waals surface area contributed by atoms with E-state index in [0.717, 1.165) is 16.7 Å². The number of nitrogens with zero attached hydrogens (tertiary/aromatic N) is 1. The molecule has 0 bridgehead atoms. The van der Waals surface area contributed by atoms with Crippen LogP contribution < -0.4 is 5.43 Å². The molecule has 0 aliphatic rings. The number of benzene rings is 2. The van der Waals surface area contributed by atoms with Crippen molar-refractivity contribution in [3.63, 3.8) is 0 Å². The summed E-state index contributed by atoms with van der Waals surface area (Å²) in [5, 5.41) is 4.01. The van der Waals surface area contributed by atoms with Gasteiger partial charge in [0.15, 0.2) is 0 Å². The Morgan fingerprint density at radius 2 is 1.43 bits per heavy atom. The molecule has 2 aromatic rings. The molecule has 0 aliphatic carbocycles. The first-order valence-electron chi connectivity index (χ1n) is 7.62. The number of rotatable bonds is 5. The standard InChI is InChI=1S/C20H22N2O/c1-16(23)22-21-15-20(2,3)14-19(17-10-6-4-7-11-17)18-12-8-5-9-13-18/h4-15H,1-3H3,(H,22,23)/b21-15+. The maximum atomic E-state index is 11.0. The van der Waals surface area contributed by atoms with E-state index in [2.05, 4.69) is 54.7 Å². The van der Waals surface area contributed by atoms with Crippen molar-refractivity contribution in [3.8, 4) is 0 Å². The highest BCUT2D eigenvalue weighted by Gasteiger charge is 2.15. The van der Waals surface area contributed by atoms with Crippen molar-refractivity contribution in [1.82, 2.24) is 5.43 Å². The van der Waals surface area contributed by atoms with E-state index in [4.69, 9.17) is 0 Å². The minimum Gasteiger partial charge on any atom is -0.274 e. The third-order valence-electron chi connectivity index (χ3n) is 3.31. The van der Waals surface area contributed by atoms with Crippen molar-refractivity contribution in [3.05, 3.63) is 77.9 Å². The Balaban J connectivity index is 2.41. The molecule has 0 aliphatic heterocycles. The maximum Gasteiger partial charge on any atom is 0.236 e. The second-order valence-electron chi connectivity index (χ2n) is 6.04. The molecule has 2 aromatic carbocycles. The number of hydrogen-bond acceptors (Lipinski definition) is 2. The Morgan fingerprint density at radius 3 is 1.87 bits per heavy atom. The van der Waals surface area contributed by atoms with Crippen LogP contribution in [0.3, 0.4) is 0 Å². The fourth-order valence-electron chi connectivity index (χ4n) is 2.27. The van der Waals surface area contributed by atoms with E-state index in [1.54, 1.807) is 6.21 Å². The highest BCUT2D eigenvalue weighted by atomic mass is 16.2. The summed E-state index contributed by atoms with van der Waals surface area (Å²) >= 11 is 0. The SMILES string of the molecule is CC(=O)N/N=C/C(C)(C)C=C(c1ccccc1)c1ccccc1. The topological polar surface area (TPSA) is 41.5 Å². The summed E-state index contributed by atoms with van der Waals surface area (Å²) in [7, 11) is 0. The minimum absolute atomic E-state index is 0.174. The lowest BCUT2D eigenvalue weighted by molar-refractivity contribution is -0.118. The molecule has 3 nitrogen and oxygen atoms in total. The Labute approximate surface area is 137 Å². The summed E-state index contributed by atoms with van der Waals surface area (Å²) in [6.45, 7) is 5.56. The van der Waals surface area contributed by atoms with Gasteiger partial charge >= 0.3 is 0 Å². The zero-order valence-corrected chi connectivity index (χ0v) is 13.8. The fourth-order valence-corrected chi connectivity index (χ4v) is 2.27. The van der Waals surface area contributed by atoms with Crippen molar-refractivity contribution in [2.24, 2.45) is 10.5 Å². The first kappa shape index (κ1) is 16.7. The van der Waals surface area contributed by atoms with Gasteiger partial charge in [0.2, 0.25) is 5.91 Å². The van der Waals surface area contributed by atoms with Gasteiger partial charge in [-0.3, -0.25) is 4.79 Å². The van der Waals surface area contributed by atoms with Gasteiger partial charge in [-0.15, -0.1) is 0 Å². The molecule has 0 aromatic heterocycles. The fraction of sp³-hybridized carbons (Fsp3) is 0.200. The molecule has 2 rings (SSSR count). The van der Waals surface area contributed by atoms with Gasteiger partial charge in [-0.1, -0.05) is 80.6 Å². The summed E-state index contributed by atoms with van der Waals surface area (Å²) in [6.07, 6.45) is 3.92. The quantitative estimate of drug-likeness (QED) is 0.650. The van der Waals surface area contributed by atoms with Crippen LogP contribution in [0.1, 0.15) is 31.9 Å². The molecule has 0 saturated carbocycles. The van der Waals surface area contributed by atoms with Crippen LogP contribution >= 0.6 is 0 Å². The number of amides is 1. The number of hydrogen-bond donors (Lipinski definition) is 1. The predicted molar refractivity (Wildman–Crippen MR) is 96.1 cm³/mol. The van der Waals surface area contributed by atoms with E-state index in [-0.39, 0.29) is 11.3 Å². The van der Waals surface area contributed by atoms with Crippen LogP contribution in [-0.2, 0) is 4.79 Å². The van der Waals surface area contributed by atoms with E-state index in [1.165, 1.54) is 6.92 Å². The van der Waals surface area contributed by atoms with Crippen LogP contribution in [0.2, 0.25) is 0 Å². The van der Waals surface area contributed by atoms with Gasteiger partial charge in [-0.2, -0.15) is 5.10 Å². The van der Waals surface area contributed by atoms with E-state index in [9.17, 15) is 4.79 Å². The van der Waals surface area contributed by atoms with E-state index in [0.29, 0.717) is 0 Å². The summed E-state index contributed by atoms with van der Waals surface area (Å²) in [5.74, 6) is -0.174. The summed E-state index contributed by atoms with van der Waals surface area (Å²) in [5.41, 5.74) is 5.60. The maximum absolute atomic E-state index is 11.0. The van der Waals surface area contributed by atoms with Crippen molar-refractivity contribution < 1.29 is 4.79 Å². The lowest BCUT2D eigenvalue weighted by Gasteiger charge is -2.18. The van der Waals surface area contributed by atoms with Crippen molar-refractivity contribution in [2.75, 3.05) is 0 Å². The van der Waals surface area contributed by atoms with Gasteiger partial charge in [0.25, 0.3) is 0 Å². The number of nitrogens with one attached hydrogen (secondary N) is 1. The average molecular weight is 306 g/mol. The number of hydrazone groups is 1. The molecule has 0 saturated heterocycles. The molecule has 0 unspecified atom stereocenters. The number of allylic oxidation sites excluding steroid dienone is 1. The molecule has 0 heterocycles. The zero-order chi connectivity index (χ0) is 16.7. The lowest BCUT2D eigenvalue weighted by Crippen LogP contribution is -2.17. The summed E-state index contributed by atoms with van der Waals surface area (Å²) in [4.78, 5) is 11.0. The lowest BCUT2D eigenvalue weighted by atomic mass is 9.87. The van der Waals surface area contributed by atoms with E-state index >= 15 is 0 Å². The number of carbonyl (C=O) groups excluding carboxylic acids is 1. The average Bonchev–Trinajstić information content (AvgIpc) is 2.54. The van der Waals surface area contributed by atoms with Gasteiger partial charge in [0.1, 0.15) is 0 Å². The summed E-state index contributed by atoms with van der Waals surface area (Å²) in [6, 6.07) is 20.5. The van der Waals surface area contributed by atoms with Crippen LogP contribution in [0, 0.1) is 5.41 Å². The van der Waals surface area contributed by atoms with Crippen LogP contribution in [0.15, 0.2) is 71.8 Å². The van der Waals surface area contributed by atoms with Gasteiger partial charge in [0, 0.05) is 18.6 Å². The highest BCUT2D eigenvalue weighted by Crippen LogP contribution is 2.28. The normalized spacial score (nSPS) is 11.3. The summed E-state index contributed by atoms with van der Waals surface area (Å²) < 4.78 is 0. The Kier molecular flexibility index (Phi) is 5.47. The first-order chi connectivity index (χ1) is 11.0. The van der Waals surface area contributed by atoms with Gasteiger partial charge < -0.3 is 0 Å². The molecular weight excluding hydrogens is 284 g/mol. The van der Waals surface area contributed by atoms with Crippen LogP contribution in [0.4, 0.5) is 0 Å². The predicted octanol–water partition coefficient (Wildman–Crippen LogP) is 4.27. The van der Waals surface area contributed by atoms with Crippen LogP contribution in [0.5, 0.6) is 0 Å². The van der Waals surface area contributed by atoms with Crippen molar-refractivity contribution in [2.45, 2.75) is 20.8 Å². The molecule has 118 valence electrons. The highest BCUT2D eigenvalue weighted by molar-refractivity contribution is 5.84. The number of carbonyl (C=O) groups is 1. The van der Waals surface area contributed by atoms with Crippen molar-refractivity contribution in [1.29, 1.82) is 0 Å². The van der Waals surface area contributed by atoms with E-state index < -0.39 is 0 Å². The van der Waals surface area contributed by atoms with Gasteiger partial charge in [-0.25, -0.2) is 5.43 Å². The Morgan fingerprint density at radius 1 is 0.957 bits per heavy atom. The molecule has 0 atom stereocenters. The molecule has 0 fully saturated rings. The van der Waals surface area contributed by atoms with Crippen molar-refractivity contribution >= 4 is 17.7 Å². The van der Waals surface area contributed by atoms with E-state index in [1.807, 2.05) is 36.4 Å².